The van der Waals surface area contributed by atoms with Crippen LogP contribution in [0.5, 0.6) is 0 Å². The van der Waals surface area contributed by atoms with E-state index in [9.17, 15) is 4.39 Å². The normalized spacial score (nSPS) is 21.2. The molecule has 1 aromatic carbocycles. The lowest BCUT2D eigenvalue weighted by molar-refractivity contribution is 0.371. The van der Waals surface area contributed by atoms with E-state index in [4.69, 9.17) is 23.2 Å². The SMILES string of the molecule is CC(CC1CCCCN1)Nc1c(Cl)cc(F)cc1Cl. The van der Waals surface area contributed by atoms with Crippen LogP contribution in [0, 0.1) is 5.82 Å². The van der Waals surface area contributed by atoms with Crippen molar-refractivity contribution >= 4 is 28.9 Å². The van der Waals surface area contributed by atoms with Gasteiger partial charge in [0.1, 0.15) is 5.82 Å². The summed E-state index contributed by atoms with van der Waals surface area (Å²) in [6.45, 7) is 3.18. The van der Waals surface area contributed by atoms with E-state index in [1.54, 1.807) is 0 Å². The largest absolute Gasteiger partial charge is 0.380 e. The number of nitrogens with one attached hydrogen (secondary N) is 2. The second-order valence-corrected chi connectivity index (χ2v) is 5.99. The van der Waals surface area contributed by atoms with Gasteiger partial charge in [-0.1, -0.05) is 29.6 Å². The summed E-state index contributed by atoms with van der Waals surface area (Å²) in [4.78, 5) is 0. The molecule has 1 fully saturated rings. The van der Waals surface area contributed by atoms with Crippen LogP contribution >= 0.6 is 23.2 Å². The summed E-state index contributed by atoms with van der Waals surface area (Å²) in [5, 5.41) is 7.45. The highest BCUT2D eigenvalue weighted by Crippen LogP contribution is 2.32. The van der Waals surface area contributed by atoms with Gasteiger partial charge in [-0.15, -0.1) is 0 Å². The summed E-state index contributed by atoms with van der Waals surface area (Å²) in [5.74, 6) is -0.415. The molecule has 0 aromatic heterocycles. The van der Waals surface area contributed by atoms with E-state index >= 15 is 0 Å². The lowest BCUT2D eigenvalue weighted by Crippen LogP contribution is -2.37. The molecule has 0 saturated carbocycles. The fraction of sp³-hybridized carbons (Fsp3) is 0.571. The van der Waals surface area contributed by atoms with Crippen molar-refractivity contribution in [2.75, 3.05) is 11.9 Å². The Balaban J connectivity index is 1.96. The second kappa shape index (κ2) is 6.78. The molecular formula is C14H19Cl2FN2. The van der Waals surface area contributed by atoms with Gasteiger partial charge in [-0.2, -0.15) is 0 Å². The van der Waals surface area contributed by atoms with Gasteiger partial charge in [-0.05, 0) is 44.9 Å². The molecule has 0 bridgehead atoms. The quantitative estimate of drug-likeness (QED) is 0.858. The molecule has 2 N–H and O–H groups in total. The molecule has 0 aliphatic carbocycles. The van der Waals surface area contributed by atoms with Crippen LogP contribution in [-0.2, 0) is 0 Å². The second-order valence-electron chi connectivity index (χ2n) is 5.17. The first kappa shape index (κ1) is 14.9. The topological polar surface area (TPSA) is 24.1 Å². The van der Waals surface area contributed by atoms with Gasteiger partial charge in [0.2, 0.25) is 0 Å². The molecule has 19 heavy (non-hydrogen) atoms. The van der Waals surface area contributed by atoms with Crippen LogP contribution in [0.25, 0.3) is 0 Å². The molecule has 1 heterocycles. The maximum absolute atomic E-state index is 13.1. The van der Waals surface area contributed by atoms with E-state index in [1.165, 1.54) is 31.4 Å². The molecule has 2 nitrogen and oxygen atoms in total. The zero-order chi connectivity index (χ0) is 13.8. The first-order chi connectivity index (χ1) is 9.06. The molecule has 0 amide bonds. The highest BCUT2D eigenvalue weighted by atomic mass is 35.5. The van der Waals surface area contributed by atoms with Crippen LogP contribution in [-0.4, -0.2) is 18.6 Å². The van der Waals surface area contributed by atoms with Crippen LogP contribution in [0.4, 0.5) is 10.1 Å². The van der Waals surface area contributed by atoms with Gasteiger partial charge in [0.05, 0.1) is 15.7 Å². The first-order valence-electron chi connectivity index (χ1n) is 6.70. The smallest absolute Gasteiger partial charge is 0.126 e. The third kappa shape index (κ3) is 4.23. The highest BCUT2D eigenvalue weighted by molar-refractivity contribution is 6.39. The fourth-order valence-corrected chi connectivity index (χ4v) is 3.11. The fourth-order valence-electron chi connectivity index (χ4n) is 2.54. The Morgan fingerprint density at radius 3 is 2.63 bits per heavy atom. The lowest BCUT2D eigenvalue weighted by Gasteiger charge is -2.27. The molecule has 1 aliphatic heterocycles. The van der Waals surface area contributed by atoms with E-state index in [0.29, 0.717) is 21.8 Å². The molecule has 5 heteroatoms. The summed E-state index contributed by atoms with van der Waals surface area (Å²) in [6, 6.07) is 3.33. The van der Waals surface area contributed by atoms with Gasteiger partial charge < -0.3 is 10.6 Å². The monoisotopic (exact) mass is 304 g/mol. The Labute approximate surface area is 123 Å². The van der Waals surface area contributed by atoms with Gasteiger partial charge in [0, 0.05) is 12.1 Å². The predicted molar refractivity (Wildman–Crippen MR) is 79.8 cm³/mol. The molecule has 0 radical (unpaired) electrons. The van der Waals surface area contributed by atoms with Crippen molar-refractivity contribution in [2.24, 2.45) is 0 Å². The lowest BCUT2D eigenvalue weighted by atomic mass is 9.98. The van der Waals surface area contributed by atoms with E-state index in [1.807, 2.05) is 0 Å². The average Bonchev–Trinajstić information content (AvgIpc) is 2.35. The molecule has 106 valence electrons. The van der Waals surface area contributed by atoms with Crippen molar-refractivity contribution in [3.8, 4) is 0 Å². The van der Waals surface area contributed by atoms with Crippen LogP contribution in [0.3, 0.4) is 0 Å². The number of halogens is 3. The molecular weight excluding hydrogens is 286 g/mol. The molecule has 2 unspecified atom stereocenters. The van der Waals surface area contributed by atoms with Crippen LogP contribution < -0.4 is 10.6 Å². The number of anilines is 1. The maximum Gasteiger partial charge on any atom is 0.126 e. The molecule has 1 saturated heterocycles. The molecule has 2 rings (SSSR count). The van der Waals surface area contributed by atoms with Crippen molar-refractivity contribution in [1.82, 2.24) is 5.32 Å². The van der Waals surface area contributed by atoms with Crippen LogP contribution in [0.2, 0.25) is 10.0 Å². The minimum Gasteiger partial charge on any atom is -0.380 e. The average molecular weight is 305 g/mol. The zero-order valence-corrected chi connectivity index (χ0v) is 12.5. The summed E-state index contributed by atoms with van der Waals surface area (Å²) < 4.78 is 13.1. The molecule has 1 aromatic rings. The first-order valence-corrected chi connectivity index (χ1v) is 7.46. The van der Waals surface area contributed by atoms with E-state index in [-0.39, 0.29) is 6.04 Å². The number of piperidine rings is 1. The van der Waals surface area contributed by atoms with Gasteiger partial charge in [-0.25, -0.2) is 4.39 Å². The Morgan fingerprint density at radius 2 is 2.05 bits per heavy atom. The van der Waals surface area contributed by atoms with E-state index in [2.05, 4.69) is 17.6 Å². The summed E-state index contributed by atoms with van der Waals surface area (Å²) in [5.41, 5.74) is 0.619. The number of hydrogen-bond acceptors (Lipinski definition) is 2. The van der Waals surface area contributed by atoms with Gasteiger partial charge in [0.25, 0.3) is 0 Å². The summed E-state index contributed by atoms with van der Waals surface area (Å²) in [6.07, 6.45) is 4.75. The standard InChI is InChI=1S/C14H19Cl2FN2/c1-9(6-11-4-2-3-5-18-11)19-14-12(15)7-10(17)8-13(14)16/h7-9,11,18-19H,2-6H2,1H3. The minimum atomic E-state index is -0.415. The summed E-state index contributed by atoms with van der Waals surface area (Å²) >= 11 is 12.0. The van der Waals surface area contributed by atoms with Crippen molar-refractivity contribution in [2.45, 2.75) is 44.7 Å². The molecule has 2 atom stereocenters. The molecule has 1 aliphatic rings. The maximum atomic E-state index is 13.1. The van der Waals surface area contributed by atoms with Gasteiger partial charge in [-0.3, -0.25) is 0 Å². The minimum absolute atomic E-state index is 0.232. The van der Waals surface area contributed by atoms with Crippen molar-refractivity contribution in [3.05, 3.63) is 28.0 Å². The zero-order valence-electron chi connectivity index (χ0n) is 11.0. The van der Waals surface area contributed by atoms with E-state index in [0.717, 1.165) is 13.0 Å². The number of hydrogen-bond donors (Lipinski definition) is 2. The van der Waals surface area contributed by atoms with Crippen LogP contribution in [0.15, 0.2) is 12.1 Å². The van der Waals surface area contributed by atoms with Crippen LogP contribution in [0.1, 0.15) is 32.6 Å². The Bertz CT molecular complexity index is 410. The van der Waals surface area contributed by atoms with E-state index < -0.39 is 5.82 Å². The van der Waals surface area contributed by atoms with Crippen molar-refractivity contribution < 1.29 is 4.39 Å². The van der Waals surface area contributed by atoms with Gasteiger partial charge >= 0.3 is 0 Å². The Kier molecular flexibility index (Phi) is 5.31. The summed E-state index contributed by atoms with van der Waals surface area (Å²) in [7, 11) is 0. The highest BCUT2D eigenvalue weighted by Gasteiger charge is 2.17. The number of rotatable bonds is 4. The number of benzene rings is 1. The third-order valence-electron chi connectivity index (χ3n) is 3.45. The predicted octanol–water partition coefficient (Wildman–Crippen LogP) is 4.47. The Morgan fingerprint density at radius 1 is 1.37 bits per heavy atom. The van der Waals surface area contributed by atoms with Crippen molar-refractivity contribution in [3.63, 3.8) is 0 Å². The molecule has 0 spiro atoms. The Hall–Kier alpha value is -0.510. The van der Waals surface area contributed by atoms with Gasteiger partial charge in [0.15, 0.2) is 0 Å². The third-order valence-corrected chi connectivity index (χ3v) is 4.04. The van der Waals surface area contributed by atoms with Crippen molar-refractivity contribution in [1.29, 1.82) is 0 Å².